The fraction of sp³-hybridized carbons (Fsp3) is 0.462. The third-order valence-electron chi connectivity index (χ3n) is 6.59. The number of amides is 2. The number of nitrogens with zero attached hydrogens (tertiary/aromatic N) is 2. The molecule has 0 aromatic heterocycles. The maximum Gasteiger partial charge on any atom is 0.253 e. The molecule has 170 valence electrons. The van der Waals surface area contributed by atoms with Crippen LogP contribution >= 0.6 is 11.6 Å². The van der Waals surface area contributed by atoms with Crippen molar-refractivity contribution >= 4 is 23.4 Å². The second-order valence-corrected chi connectivity index (χ2v) is 9.51. The largest absolute Gasteiger partial charge is 0.355 e. The van der Waals surface area contributed by atoms with E-state index in [0.717, 1.165) is 38.9 Å². The molecule has 6 heteroatoms. The maximum absolute atomic E-state index is 12.9. The molecule has 0 unspecified atom stereocenters. The number of carbonyl (C=O) groups excluding carboxylic acids is 2. The van der Waals surface area contributed by atoms with E-state index in [-0.39, 0.29) is 17.7 Å². The number of benzene rings is 2. The van der Waals surface area contributed by atoms with Gasteiger partial charge in [-0.25, -0.2) is 0 Å². The number of halogens is 1. The Morgan fingerprint density at radius 2 is 1.69 bits per heavy atom. The number of carbonyl (C=O) groups is 2. The van der Waals surface area contributed by atoms with E-state index in [1.165, 1.54) is 12.0 Å². The summed E-state index contributed by atoms with van der Waals surface area (Å²) in [7, 11) is 0. The summed E-state index contributed by atoms with van der Waals surface area (Å²) in [5, 5.41) is 3.81. The fourth-order valence-corrected chi connectivity index (χ4v) is 4.97. The van der Waals surface area contributed by atoms with Crippen LogP contribution in [0.5, 0.6) is 0 Å². The van der Waals surface area contributed by atoms with Crippen LogP contribution in [0.4, 0.5) is 0 Å². The monoisotopic (exact) mass is 453 g/mol. The van der Waals surface area contributed by atoms with Gasteiger partial charge in [-0.05, 0) is 68.0 Å². The standard InChI is InChI=1S/C26H32ClN3O2/c27-24-12-10-22(11-13-24)26(32)30-15-5-9-23(19-30)25(31)28-16-21-8-4-14-29(18-21)17-20-6-2-1-3-7-20/h1-3,6-7,10-13,21,23H,4-5,8-9,14-19H2,(H,28,31)/t21-,23-/m1/s1. The highest BCUT2D eigenvalue weighted by Crippen LogP contribution is 2.21. The van der Waals surface area contributed by atoms with Gasteiger partial charge in [0.2, 0.25) is 5.91 Å². The normalized spacial score (nSPS) is 21.8. The molecule has 2 heterocycles. The molecule has 2 aromatic carbocycles. The highest BCUT2D eigenvalue weighted by Gasteiger charge is 2.29. The molecule has 4 rings (SSSR count). The van der Waals surface area contributed by atoms with Gasteiger partial charge >= 0.3 is 0 Å². The van der Waals surface area contributed by atoms with Crippen LogP contribution < -0.4 is 5.32 Å². The van der Waals surface area contributed by atoms with E-state index in [1.807, 2.05) is 6.07 Å². The van der Waals surface area contributed by atoms with Crippen LogP contribution in [-0.4, -0.2) is 54.3 Å². The van der Waals surface area contributed by atoms with Gasteiger partial charge in [0.15, 0.2) is 0 Å². The van der Waals surface area contributed by atoms with Crippen molar-refractivity contribution < 1.29 is 9.59 Å². The number of hydrogen-bond donors (Lipinski definition) is 1. The Bertz CT molecular complexity index is 903. The van der Waals surface area contributed by atoms with Gasteiger partial charge in [0.05, 0.1) is 5.92 Å². The molecule has 1 N–H and O–H groups in total. The predicted molar refractivity (Wildman–Crippen MR) is 128 cm³/mol. The maximum atomic E-state index is 12.9. The van der Waals surface area contributed by atoms with Gasteiger partial charge < -0.3 is 10.2 Å². The summed E-state index contributed by atoms with van der Waals surface area (Å²) in [5.74, 6) is 0.401. The molecule has 0 saturated carbocycles. The van der Waals surface area contributed by atoms with Crippen molar-refractivity contribution in [1.82, 2.24) is 15.1 Å². The van der Waals surface area contributed by atoms with Gasteiger partial charge in [0.25, 0.3) is 5.91 Å². The summed E-state index contributed by atoms with van der Waals surface area (Å²) in [4.78, 5) is 30.0. The molecule has 2 saturated heterocycles. The van der Waals surface area contributed by atoms with E-state index in [4.69, 9.17) is 11.6 Å². The lowest BCUT2D eigenvalue weighted by molar-refractivity contribution is -0.126. The first-order chi connectivity index (χ1) is 15.6. The lowest BCUT2D eigenvalue weighted by atomic mass is 9.94. The Morgan fingerprint density at radius 3 is 2.47 bits per heavy atom. The first-order valence-electron chi connectivity index (χ1n) is 11.7. The average Bonchev–Trinajstić information content (AvgIpc) is 2.83. The smallest absolute Gasteiger partial charge is 0.253 e. The molecule has 0 aliphatic carbocycles. The Hall–Kier alpha value is -2.37. The zero-order valence-corrected chi connectivity index (χ0v) is 19.3. The van der Waals surface area contributed by atoms with Crippen LogP contribution in [-0.2, 0) is 11.3 Å². The van der Waals surface area contributed by atoms with Crippen molar-refractivity contribution in [2.45, 2.75) is 32.2 Å². The van der Waals surface area contributed by atoms with Crippen LogP contribution in [0.2, 0.25) is 5.02 Å². The lowest BCUT2D eigenvalue weighted by Gasteiger charge is -2.34. The summed E-state index contributed by atoms with van der Waals surface area (Å²) in [6.45, 7) is 4.99. The van der Waals surface area contributed by atoms with Crippen molar-refractivity contribution in [3.63, 3.8) is 0 Å². The summed E-state index contributed by atoms with van der Waals surface area (Å²) < 4.78 is 0. The first-order valence-corrected chi connectivity index (χ1v) is 12.0. The molecule has 0 radical (unpaired) electrons. The summed E-state index contributed by atoms with van der Waals surface area (Å²) in [5.41, 5.74) is 1.96. The molecule has 2 amide bonds. The van der Waals surface area contributed by atoms with E-state index in [2.05, 4.69) is 34.5 Å². The Labute approximate surface area is 195 Å². The Balaban J connectivity index is 1.25. The van der Waals surface area contributed by atoms with Crippen molar-refractivity contribution in [3.05, 3.63) is 70.7 Å². The average molecular weight is 454 g/mol. The molecule has 0 bridgehead atoms. The number of piperidine rings is 2. The molecule has 5 nitrogen and oxygen atoms in total. The lowest BCUT2D eigenvalue weighted by Crippen LogP contribution is -2.47. The third kappa shape index (κ3) is 6.11. The molecule has 2 aliphatic heterocycles. The molecule has 2 atom stereocenters. The van der Waals surface area contributed by atoms with Crippen molar-refractivity contribution in [2.75, 3.05) is 32.7 Å². The van der Waals surface area contributed by atoms with Gasteiger partial charge in [-0.1, -0.05) is 41.9 Å². The van der Waals surface area contributed by atoms with Crippen molar-refractivity contribution in [2.24, 2.45) is 11.8 Å². The number of nitrogens with one attached hydrogen (secondary N) is 1. The second kappa shape index (κ2) is 11.0. The van der Waals surface area contributed by atoms with E-state index in [1.54, 1.807) is 29.2 Å². The van der Waals surface area contributed by atoms with E-state index in [9.17, 15) is 9.59 Å². The topological polar surface area (TPSA) is 52.7 Å². The van der Waals surface area contributed by atoms with Crippen LogP contribution in [0.3, 0.4) is 0 Å². The molecule has 32 heavy (non-hydrogen) atoms. The highest BCUT2D eigenvalue weighted by molar-refractivity contribution is 6.30. The molecule has 0 spiro atoms. The molecular weight excluding hydrogens is 422 g/mol. The van der Waals surface area contributed by atoms with Crippen LogP contribution in [0.25, 0.3) is 0 Å². The van der Waals surface area contributed by atoms with E-state index >= 15 is 0 Å². The van der Waals surface area contributed by atoms with Crippen LogP contribution in [0.15, 0.2) is 54.6 Å². The first kappa shape index (κ1) is 22.8. The molecule has 2 aromatic rings. The van der Waals surface area contributed by atoms with Gasteiger partial charge in [-0.15, -0.1) is 0 Å². The zero-order chi connectivity index (χ0) is 22.3. The van der Waals surface area contributed by atoms with Gasteiger partial charge in [-0.2, -0.15) is 0 Å². The van der Waals surface area contributed by atoms with Crippen LogP contribution in [0, 0.1) is 11.8 Å². The minimum atomic E-state index is -0.135. The minimum Gasteiger partial charge on any atom is -0.355 e. The second-order valence-electron chi connectivity index (χ2n) is 9.07. The highest BCUT2D eigenvalue weighted by atomic mass is 35.5. The predicted octanol–water partition coefficient (Wildman–Crippen LogP) is 4.22. The summed E-state index contributed by atoms with van der Waals surface area (Å²) in [6, 6.07) is 17.5. The molecule has 2 fully saturated rings. The van der Waals surface area contributed by atoms with E-state index < -0.39 is 0 Å². The number of hydrogen-bond acceptors (Lipinski definition) is 3. The fourth-order valence-electron chi connectivity index (χ4n) is 4.84. The van der Waals surface area contributed by atoms with Crippen molar-refractivity contribution in [3.8, 4) is 0 Å². The van der Waals surface area contributed by atoms with Gasteiger partial charge in [-0.3, -0.25) is 14.5 Å². The zero-order valence-electron chi connectivity index (χ0n) is 18.5. The summed E-state index contributed by atoms with van der Waals surface area (Å²) >= 11 is 5.93. The SMILES string of the molecule is O=C(NC[C@H]1CCCN(Cc2ccccc2)C1)[C@@H]1CCCN(C(=O)c2ccc(Cl)cc2)C1. The quantitative estimate of drug-likeness (QED) is 0.712. The minimum absolute atomic E-state index is 0.0250. The van der Waals surface area contributed by atoms with Gasteiger partial charge in [0.1, 0.15) is 0 Å². The van der Waals surface area contributed by atoms with E-state index in [0.29, 0.717) is 36.1 Å². The Kier molecular flexibility index (Phi) is 7.82. The third-order valence-corrected chi connectivity index (χ3v) is 6.84. The number of likely N-dealkylation sites (tertiary alicyclic amines) is 2. The van der Waals surface area contributed by atoms with Crippen molar-refractivity contribution in [1.29, 1.82) is 0 Å². The molecule has 2 aliphatic rings. The van der Waals surface area contributed by atoms with Crippen LogP contribution in [0.1, 0.15) is 41.6 Å². The van der Waals surface area contributed by atoms with Gasteiger partial charge in [0, 0.05) is 43.3 Å². The summed E-state index contributed by atoms with van der Waals surface area (Å²) in [6.07, 6.45) is 4.00. The molecular formula is C26H32ClN3O2. The Morgan fingerprint density at radius 1 is 0.938 bits per heavy atom. The number of rotatable bonds is 6.